The van der Waals surface area contributed by atoms with E-state index in [-0.39, 0.29) is 23.6 Å². The van der Waals surface area contributed by atoms with Gasteiger partial charge in [0.2, 0.25) is 5.91 Å². The number of nitrogens with one attached hydrogen (secondary N) is 7. The highest BCUT2D eigenvalue weighted by Crippen LogP contribution is 2.31. The van der Waals surface area contributed by atoms with E-state index in [1.165, 1.54) is 6.20 Å². The van der Waals surface area contributed by atoms with Crippen molar-refractivity contribution in [3.63, 3.8) is 0 Å². The molecule has 0 saturated heterocycles. The molecule has 9 aromatic rings. The van der Waals surface area contributed by atoms with Gasteiger partial charge in [0.05, 0.1) is 62.9 Å². The van der Waals surface area contributed by atoms with E-state index < -0.39 is 11.5 Å². The molecular formula is C47H48ClN13O4. The number of H-pyrrole nitrogens is 4. The molecule has 0 bridgehead atoms. The van der Waals surface area contributed by atoms with Crippen LogP contribution in [0.5, 0.6) is 0 Å². The number of nitrogens with zero attached hydrogens (tertiary/aromatic N) is 6. The Morgan fingerprint density at radius 1 is 0.754 bits per heavy atom. The fourth-order valence-corrected chi connectivity index (χ4v) is 7.52. The van der Waals surface area contributed by atoms with Crippen molar-refractivity contribution in [3.8, 4) is 34.2 Å². The summed E-state index contributed by atoms with van der Waals surface area (Å²) in [5, 5.41) is 20.4. The molecule has 1 unspecified atom stereocenters. The fourth-order valence-electron chi connectivity index (χ4n) is 7.29. The Morgan fingerprint density at radius 2 is 1.28 bits per heavy atom. The Bertz CT molecular complexity index is 3270. The average molecular weight is 894 g/mol. The van der Waals surface area contributed by atoms with Gasteiger partial charge in [0.15, 0.2) is 0 Å². The lowest BCUT2D eigenvalue weighted by Gasteiger charge is -2.19. The van der Waals surface area contributed by atoms with Gasteiger partial charge in [0.25, 0.3) is 11.1 Å². The average Bonchev–Trinajstić information content (AvgIpc) is 4.12. The van der Waals surface area contributed by atoms with E-state index >= 15 is 0 Å². The second kappa shape index (κ2) is 18.1. The van der Waals surface area contributed by atoms with Gasteiger partial charge in [-0.1, -0.05) is 38.4 Å². The molecule has 0 spiro atoms. The van der Waals surface area contributed by atoms with E-state index in [0.717, 1.165) is 56.8 Å². The smallest absolute Gasteiger partial charge is 0.261 e. The second-order valence-electron chi connectivity index (χ2n) is 16.5. The number of anilines is 3. The summed E-state index contributed by atoms with van der Waals surface area (Å²) in [6.45, 7) is 12.2. The van der Waals surface area contributed by atoms with Crippen molar-refractivity contribution in [2.75, 3.05) is 29.0 Å². The van der Waals surface area contributed by atoms with Crippen molar-refractivity contribution in [3.05, 3.63) is 147 Å². The number of hydrogen-bond donors (Lipinski definition) is 8. The lowest BCUT2D eigenvalue weighted by atomic mass is 9.95. The number of amides is 1. The summed E-state index contributed by atoms with van der Waals surface area (Å²) in [5.41, 5.74) is 9.22. The molecule has 332 valence electrons. The zero-order valence-corrected chi connectivity index (χ0v) is 37.3. The van der Waals surface area contributed by atoms with Gasteiger partial charge < -0.3 is 50.1 Å². The molecule has 0 aliphatic heterocycles. The first-order chi connectivity index (χ1) is 31.2. The molecule has 65 heavy (non-hydrogen) atoms. The van der Waals surface area contributed by atoms with E-state index in [4.69, 9.17) is 16.6 Å². The van der Waals surface area contributed by atoms with Gasteiger partial charge in [-0.2, -0.15) is 0 Å². The maximum Gasteiger partial charge on any atom is 0.261 e. The van der Waals surface area contributed by atoms with Crippen molar-refractivity contribution in [2.45, 2.75) is 47.6 Å². The molecule has 3 aromatic carbocycles. The molecule has 0 aliphatic rings. The second-order valence-corrected chi connectivity index (χ2v) is 16.9. The number of imidazole rings is 4. The van der Waals surface area contributed by atoms with Crippen LogP contribution < -0.4 is 27.1 Å². The van der Waals surface area contributed by atoms with Crippen molar-refractivity contribution in [1.29, 1.82) is 0 Å². The maximum atomic E-state index is 12.9. The number of halogens is 1. The molecule has 0 radical (unpaired) electrons. The number of aliphatic hydroxyl groups is 1. The number of aromatic nitrogens is 10. The van der Waals surface area contributed by atoms with Crippen LogP contribution in [0.2, 0.25) is 5.02 Å². The van der Waals surface area contributed by atoms with Gasteiger partial charge in [-0.3, -0.25) is 14.4 Å². The largest absolute Gasteiger partial charge is 0.387 e. The van der Waals surface area contributed by atoms with Crippen molar-refractivity contribution in [2.24, 2.45) is 5.41 Å². The minimum absolute atomic E-state index is 0.102. The molecular weight excluding hydrogens is 846 g/mol. The topological polar surface area (TPSA) is 232 Å². The van der Waals surface area contributed by atoms with Gasteiger partial charge in [-0.15, -0.1) is 0 Å². The third kappa shape index (κ3) is 9.32. The number of carbonyl (C=O) groups is 1. The Kier molecular flexibility index (Phi) is 12.2. The molecule has 17 nitrogen and oxygen atoms in total. The van der Waals surface area contributed by atoms with E-state index in [2.05, 4.69) is 56.9 Å². The Morgan fingerprint density at radius 3 is 1.74 bits per heavy atom. The van der Waals surface area contributed by atoms with Crippen LogP contribution in [0.4, 0.5) is 17.1 Å². The van der Waals surface area contributed by atoms with E-state index in [1.807, 2.05) is 87.3 Å². The normalized spacial score (nSPS) is 11.9. The Balaban J connectivity index is 0.000000197. The molecule has 8 N–H and O–H groups in total. The summed E-state index contributed by atoms with van der Waals surface area (Å²) in [6.07, 6.45) is 12.9. The van der Waals surface area contributed by atoms with Crippen LogP contribution >= 0.6 is 11.6 Å². The van der Waals surface area contributed by atoms with Gasteiger partial charge in [-0.05, 0) is 86.0 Å². The standard InChI is InChI=1S/C29H30ClN7O3.C18H18N6O/c1-16-11-18(37-10-9-31-15-37)13-22-25(16)36-26(34-22)24-21(7-8-32-27(24)39)33-14-23(38)17-5-6-20(19(30)12-17)35-28(40)29(2,3)4;1-3-20-13-4-5-21-18(25)15(13)17-22-14-9-12(24-7-6-19-10-24)8-11(2)16(14)23-17/h5-13,15,23,38H,14H2,1-4H3,(H,34,36)(H,35,40)(H2,32,33,39);4-10H,3H2,1-2H3,(H,22,23)(H2,20,21,25). The molecule has 0 aliphatic carbocycles. The van der Waals surface area contributed by atoms with Gasteiger partial charge in [-0.25, -0.2) is 19.9 Å². The SMILES string of the molecule is CCNc1cc[nH]c(=O)c1-c1nc2c(C)cc(-n3ccnc3)cc2[nH]1.Cc1cc(-n2ccnc2)cc2[nH]c(-c3c(NCC(O)c4ccc(NC(=O)C(C)(C)C)c(Cl)c4)cc[nH]c3=O)nc12. The summed E-state index contributed by atoms with van der Waals surface area (Å²) in [4.78, 5) is 67.2. The molecule has 1 amide bonds. The number of rotatable bonds is 11. The lowest BCUT2D eigenvalue weighted by Crippen LogP contribution is -2.27. The summed E-state index contributed by atoms with van der Waals surface area (Å²) >= 11 is 6.40. The zero-order valence-electron chi connectivity index (χ0n) is 36.5. The monoisotopic (exact) mass is 893 g/mol. The number of fused-ring (bicyclic) bond motifs is 2. The molecule has 1 atom stereocenters. The third-order valence-electron chi connectivity index (χ3n) is 10.7. The first kappa shape index (κ1) is 43.9. The number of hydrogen-bond acceptors (Lipinski definition) is 10. The first-order valence-electron chi connectivity index (χ1n) is 20.9. The highest BCUT2D eigenvalue weighted by atomic mass is 35.5. The lowest BCUT2D eigenvalue weighted by molar-refractivity contribution is -0.123. The van der Waals surface area contributed by atoms with E-state index in [0.29, 0.717) is 44.7 Å². The molecule has 0 saturated carbocycles. The summed E-state index contributed by atoms with van der Waals surface area (Å²) in [7, 11) is 0. The third-order valence-corrected chi connectivity index (χ3v) is 11.0. The van der Waals surface area contributed by atoms with Gasteiger partial charge in [0.1, 0.15) is 22.8 Å². The molecule has 6 heterocycles. The molecule has 0 fully saturated rings. The summed E-state index contributed by atoms with van der Waals surface area (Å²) in [6, 6.07) is 16.6. The van der Waals surface area contributed by atoms with E-state index in [9.17, 15) is 19.5 Å². The summed E-state index contributed by atoms with van der Waals surface area (Å²) in [5.74, 6) is 0.797. The predicted octanol–water partition coefficient (Wildman–Crippen LogP) is 8.04. The highest BCUT2D eigenvalue weighted by molar-refractivity contribution is 6.33. The molecule has 18 heteroatoms. The van der Waals surface area contributed by atoms with Crippen molar-refractivity contribution < 1.29 is 9.90 Å². The van der Waals surface area contributed by atoms with Crippen LogP contribution in [0.15, 0.2) is 114 Å². The van der Waals surface area contributed by atoms with Crippen LogP contribution in [0, 0.1) is 19.3 Å². The maximum absolute atomic E-state index is 12.9. The van der Waals surface area contributed by atoms with Crippen LogP contribution in [0.3, 0.4) is 0 Å². The van der Waals surface area contributed by atoms with Crippen molar-refractivity contribution >= 4 is 56.6 Å². The minimum atomic E-state index is -0.937. The van der Waals surface area contributed by atoms with Gasteiger partial charge >= 0.3 is 0 Å². The number of aliphatic hydroxyl groups excluding tert-OH is 1. The number of aryl methyl sites for hydroxylation is 2. The van der Waals surface area contributed by atoms with Crippen molar-refractivity contribution in [1.82, 2.24) is 49.0 Å². The van der Waals surface area contributed by atoms with E-state index in [1.54, 1.807) is 55.5 Å². The van der Waals surface area contributed by atoms with Crippen LogP contribution in [0.1, 0.15) is 50.5 Å². The highest BCUT2D eigenvalue weighted by Gasteiger charge is 2.23. The van der Waals surface area contributed by atoms with Crippen LogP contribution in [-0.2, 0) is 4.79 Å². The fraction of sp³-hybridized carbons (Fsp3) is 0.213. The minimum Gasteiger partial charge on any atom is -0.387 e. The first-order valence-corrected chi connectivity index (χ1v) is 21.2. The predicted molar refractivity (Wildman–Crippen MR) is 255 cm³/mol. The number of aromatic amines is 4. The molecule has 6 aromatic heterocycles. The van der Waals surface area contributed by atoms with Crippen LogP contribution in [-0.4, -0.2) is 73.1 Å². The summed E-state index contributed by atoms with van der Waals surface area (Å²) < 4.78 is 3.83. The van der Waals surface area contributed by atoms with Crippen LogP contribution in [0.25, 0.3) is 56.2 Å². The Labute approximate surface area is 377 Å². The number of carbonyl (C=O) groups excluding carboxylic acids is 1. The quantitative estimate of drug-likeness (QED) is 0.0623. The Hall–Kier alpha value is -7.76. The number of benzene rings is 3. The molecule has 9 rings (SSSR count). The van der Waals surface area contributed by atoms with Gasteiger partial charge in [0, 0.05) is 67.1 Å². The zero-order chi connectivity index (χ0) is 46.0. The number of pyridine rings is 2.